The maximum Gasteiger partial charge on any atom is 0.270 e. The Morgan fingerprint density at radius 3 is 2.69 bits per heavy atom. The topological polar surface area (TPSA) is 78.1 Å². The molecule has 180 valence electrons. The van der Waals surface area contributed by atoms with E-state index < -0.39 is 0 Å². The minimum absolute atomic E-state index is 0.0477. The summed E-state index contributed by atoms with van der Waals surface area (Å²) < 4.78 is 0.627. The smallest absolute Gasteiger partial charge is 0.270 e. The van der Waals surface area contributed by atoms with Crippen LogP contribution in [0.5, 0.6) is 0 Å². The normalized spacial score (nSPS) is 16.1. The number of H-pyrrole nitrogens is 1. The zero-order valence-electron chi connectivity index (χ0n) is 20.1. The number of hydrogen-bond acceptors (Lipinski definition) is 5. The average Bonchev–Trinajstić information content (AvgIpc) is 3.33. The number of aromatic nitrogens is 2. The number of nitrogens with zero attached hydrogens (tertiary/aromatic N) is 2. The first-order chi connectivity index (χ1) is 17.0. The summed E-state index contributed by atoms with van der Waals surface area (Å²) in [5, 5.41) is 5.09. The number of benzene rings is 2. The molecule has 1 atom stereocenters. The second-order valence-electron chi connectivity index (χ2n) is 9.48. The van der Waals surface area contributed by atoms with Crippen molar-refractivity contribution in [2.45, 2.75) is 39.2 Å². The number of carbonyl (C=O) groups is 1. The number of rotatable bonds is 6. The first-order valence-electron chi connectivity index (χ1n) is 12.2. The second kappa shape index (κ2) is 10.0. The molecule has 1 aliphatic rings. The fourth-order valence-electron chi connectivity index (χ4n) is 4.63. The molecule has 0 spiro atoms. The lowest BCUT2D eigenvalue weighted by molar-refractivity contribution is -0.125. The Morgan fingerprint density at radius 1 is 1.17 bits per heavy atom. The van der Waals surface area contributed by atoms with Crippen molar-refractivity contribution in [3.8, 4) is 11.1 Å². The second-order valence-corrected chi connectivity index (χ2v) is 10.4. The van der Waals surface area contributed by atoms with Gasteiger partial charge >= 0.3 is 0 Å². The molecule has 1 fully saturated rings. The summed E-state index contributed by atoms with van der Waals surface area (Å²) in [6.07, 6.45) is 1.70. The predicted octanol–water partition coefficient (Wildman–Crippen LogP) is 5.31. The molecule has 0 radical (unpaired) electrons. The van der Waals surface area contributed by atoms with E-state index in [4.69, 9.17) is 4.98 Å². The van der Waals surface area contributed by atoms with Gasteiger partial charge in [-0.05, 0) is 35.4 Å². The lowest BCUT2D eigenvalue weighted by Gasteiger charge is -2.32. The van der Waals surface area contributed by atoms with Gasteiger partial charge in [0.25, 0.3) is 5.56 Å². The van der Waals surface area contributed by atoms with Gasteiger partial charge < -0.3 is 10.2 Å². The SMILES string of the molecule is CC(C)c1ccc(CNC(=O)[C@@H]2CCCN(c3nc4c(-c5ccccc5)csc4c(=O)[nH]3)C2)cc1. The number of carbonyl (C=O) groups excluding carboxylic acids is 1. The molecule has 1 saturated heterocycles. The van der Waals surface area contributed by atoms with Gasteiger partial charge in [0.2, 0.25) is 11.9 Å². The third kappa shape index (κ3) is 5.00. The van der Waals surface area contributed by atoms with E-state index in [0.717, 1.165) is 41.6 Å². The highest BCUT2D eigenvalue weighted by Gasteiger charge is 2.27. The summed E-state index contributed by atoms with van der Waals surface area (Å²) in [5.74, 6) is 0.936. The Bertz CT molecular complexity index is 1380. The summed E-state index contributed by atoms with van der Waals surface area (Å²) in [5.41, 5.74) is 4.98. The maximum absolute atomic E-state index is 13.0. The van der Waals surface area contributed by atoms with Crippen molar-refractivity contribution in [3.05, 3.63) is 81.5 Å². The highest BCUT2D eigenvalue weighted by atomic mass is 32.1. The van der Waals surface area contributed by atoms with E-state index in [2.05, 4.69) is 48.4 Å². The van der Waals surface area contributed by atoms with Crippen molar-refractivity contribution in [2.24, 2.45) is 5.92 Å². The van der Waals surface area contributed by atoms with Crippen LogP contribution in [0, 0.1) is 5.92 Å². The van der Waals surface area contributed by atoms with E-state index in [1.807, 2.05) is 40.6 Å². The number of fused-ring (bicyclic) bond motifs is 1. The van der Waals surface area contributed by atoms with E-state index >= 15 is 0 Å². The maximum atomic E-state index is 13.0. The van der Waals surface area contributed by atoms with Gasteiger partial charge in [-0.25, -0.2) is 4.98 Å². The van der Waals surface area contributed by atoms with E-state index in [-0.39, 0.29) is 17.4 Å². The first kappa shape index (κ1) is 23.3. The van der Waals surface area contributed by atoms with Gasteiger partial charge in [-0.1, -0.05) is 68.4 Å². The zero-order valence-corrected chi connectivity index (χ0v) is 20.9. The van der Waals surface area contributed by atoms with Crippen LogP contribution in [-0.4, -0.2) is 29.0 Å². The number of thiophene rings is 1. The van der Waals surface area contributed by atoms with Crippen LogP contribution in [0.4, 0.5) is 5.95 Å². The van der Waals surface area contributed by atoms with Crippen molar-refractivity contribution in [1.82, 2.24) is 15.3 Å². The van der Waals surface area contributed by atoms with Gasteiger partial charge in [0, 0.05) is 30.6 Å². The van der Waals surface area contributed by atoms with Gasteiger partial charge in [-0.2, -0.15) is 0 Å². The van der Waals surface area contributed by atoms with Gasteiger partial charge in [0.05, 0.1) is 11.4 Å². The van der Waals surface area contributed by atoms with E-state index in [1.165, 1.54) is 16.9 Å². The van der Waals surface area contributed by atoms with Crippen molar-refractivity contribution >= 4 is 33.4 Å². The molecule has 0 bridgehead atoms. The molecule has 7 heteroatoms. The van der Waals surface area contributed by atoms with Crippen LogP contribution in [0.15, 0.2) is 64.8 Å². The van der Waals surface area contributed by atoms with Crippen molar-refractivity contribution in [2.75, 3.05) is 18.0 Å². The lowest BCUT2D eigenvalue weighted by atomic mass is 9.97. The molecule has 0 aliphatic carbocycles. The van der Waals surface area contributed by atoms with E-state index in [9.17, 15) is 9.59 Å². The average molecular weight is 487 g/mol. The Hall–Kier alpha value is -3.45. The van der Waals surface area contributed by atoms with Crippen LogP contribution in [0.25, 0.3) is 21.3 Å². The molecule has 2 N–H and O–H groups in total. The van der Waals surface area contributed by atoms with Crippen LogP contribution in [-0.2, 0) is 11.3 Å². The third-order valence-corrected chi connectivity index (χ3v) is 7.67. The van der Waals surface area contributed by atoms with Gasteiger partial charge in [-0.15, -0.1) is 11.3 Å². The molecule has 5 rings (SSSR count). The molecular formula is C28H30N4O2S. The Labute approximate surface area is 209 Å². The Morgan fingerprint density at radius 2 is 1.94 bits per heavy atom. The number of anilines is 1. The number of nitrogens with one attached hydrogen (secondary N) is 2. The number of piperidine rings is 1. The van der Waals surface area contributed by atoms with Crippen LogP contribution >= 0.6 is 11.3 Å². The number of aromatic amines is 1. The minimum Gasteiger partial charge on any atom is -0.352 e. The summed E-state index contributed by atoms with van der Waals surface area (Å²) in [4.78, 5) is 35.7. The van der Waals surface area contributed by atoms with Crippen molar-refractivity contribution in [3.63, 3.8) is 0 Å². The summed E-state index contributed by atoms with van der Waals surface area (Å²) in [6, 6.07) is 18.4. The van der Waals surface area contributed by atoms with Crippen LogP contribution < -0.4 is 15.8 Å². The van der Waals surface area contributed by atoms with Gasteiger partial charge in [0.15, 0.2) is 0 Å². The Balaban J connectivity index is 1.30. The molecule has 6 nitrogen and oxygen atoms in total. The monoisotopic (exact) mass is 486 g/mol. The predicted molar refractivity (Wildman–Crippen MR) is 143 cm³/mol. The van der Waals surface area contributed by atoms with Crippen molar-refractivity contribution < 1.29 is 4.79 Å². The van der Waals surface area contributed by atoms with Crippen LogP contribution in [0.1, 0.15) is 43.7 Å². The van der Waals surface area contributed by atoms with Gasteiger partial charge in [-0.3, -0.25) is 14.6 Å². The van der Waals surface area contributed by atoms with Crippen LogP contribution in [0.2, 0.25) is 0 Å². The van der Waals surface area contributed by atoms with Crippen molar-refractivity contribution in [1.29, 1.82) is 0 Å². The quantitative estimate of drug-likeness (QED) is 0.387. The molecule has 35 heavy (non-hydrogen) atoms. The molecular weight excluding hydrogens is 456 g/mol. The molecule has 0 unspecified atom stereocenters. The highest BCUT2D eigenvalue weighted by molar-refractivity contribution is 7.17. The first-order valence-corrected chi connectivity index (χ1v) is 13.1. The zero-order chi connectivity index (χ0) is 24.4. The fraction of sp³-hybridized carbons (Fsp3) is 0.321. The molecule has 4 aromatic rings. The van der Waals surface area contributed by atoms with Crippen LogP contribution in [0.3, 0.4) is 0 Å². The number of hydrogen-bond donors (Lipinski definition) is 2. The standard InChI is InChI=1S/C28H30N4O2S/c1-18(2)20-12-10-19(11-13-20)15-29-26(33)22-9-6-14-32(16-22)28-30-24-23(21-7-4-3-5-8-21)17-35-25(24)27(34)31-28/h3-5,7-8,10-13,17-18,22H,6,9,14-16H2,1-2H3,(H,29,33)(H,30,31,34)/t22-/m1/s1. The molecule has 2 aromatic heterocycles. The molecule has 1 aliphatic heterocycles. The third-order valence-electron chi connectivity index (χ3n) is 6.70. The summed E-state index contributed by atoms with van der Waals surface area (Å²) >= 11 is 1.41. The highest BCUT2D eigenvalue weighted by Crippen LogP contribution is 2.32. The lowest BCUT2D eigenvalue weighted by Crippen LogP contribution is -2.44. The number of amides is 1. The van der Waals surface area contributed by atoms with E-state index in [1.54, 1.807) is 0 Å². The molecule has 1 amide bonds. The molecule has 0 saturated carbocycles. The summed E-state index contributed by atoms with van der Waals surface area (Å²) in [7, 11) is 0. The fourth-order valence-corrected chi connectivity index (χ4v) is 5.53. The molecule has 3 heterocycles. The van der Waals surface area contributed by atoms with E-state index in [0.29, 0.717) is 29.7 Å². The summed E-state index contributed by atoms with van der Waals surface area (Å²) in [6.45, 7) is 6.17. The largest absolute Gasteiger partial charge is 0.352 e. The van der Waals surface area contributed by atoms with Gasteiger partial charge in [0.1, 0.15) is 4.70 Å². The minimum atomic E-state index is -0.143. The Kier molecular flexibility index (Phi) is 6.68. The molecule has 2 aromatic carbocycles.